The second-order valence-corrected chi connectivity index (χ2v) is 3.13. The molecule has 0 aliphatic heterocycles. The highest BCUT2D eigenvalue weighted by Crippen LogP contribution is 2.13. The van der Waals surface area contributed by atoms with Crippen molar-refractivity contribution in [1.82, 2.24) is 25.0 Å². The van der Waals surface area contributed by atoms with Crippen molar-refractivity contribution < 1.29 is 5.21 Å². The van der Waals surface area contributed by atoms with Gasteiger partial charge in [0.25, 0.3) is 0 Å². The van der Waals surface area contributed by atoms with E-state index in [-0.39, 0.29) is 0 Å². The Bertz CT molecular complexity index is 453. The van der Waals surface area contributed by atoms with E-state index in [2.05, 4.69) is 20.4 Å². The van der Waals surface area contributed by atoms with Gasteiger partial charge in [-0.1, -0.05) is 0 Å². The Morgan fingerprint density at radius 2 is 2.27 bits per heavy atom. The standard InChI is InChI=1S/C8H12N6O/c9-7-6-8(11-4-10-7)14(5-12-6)3-1-2-13-15/h4-5,13,15H,1-3H2,(H2,9,10,11). The van der Waals surface area contributed by atoms with Crippen LogP contribution >= 0.6 is 0 Å². The summed E-state index contributed by atoms with van der Waals surface area (Å²) in [6.45, 7) is 1.25. The van der Waals surface area contributed by atoms with Crippen molar-refractivity contribution in [1.29, 1.82) is 0 Å². The first-order chi connectivity index (χ1) is 7.33. The van der Waals surface area contributed by atoms with Gasteiger partial charge in [-0.2, -0.15) is 0 Å². The van der Waals surface area contributed by atoms with Crippen LogP contribution in [0.4, 0.5) is 5.82 Å². The SMILES string of the molecule is Nc1ncnc2c1ncn2CCCNO. The number of aromatic nitrogens is 4. The van der Waals surface area contributed by atoms with Crippen LogP contribution < -0.4 is 11.2 Å². The molecule has 0 radical (unpaired) electrons. The maximum Gasteiger partial charge on any atom is 0.165 e. The minimum atomic E-state index is 0.388. The van der Waals surface area contributed by atoms with Gasteiger partial charge in [-0.15, -0.1) is 0 Å². The zero-order valence-electron chi connectivity index (χ0n) is 8.09. The lowest BCUT2D eigenvalue weighted by molar-refractivity contribution is 0.164. The van der Waals surface area contributed by atoms with Crippen molar-refractivity contribution in [2.45, 2.75) is 13.0 Å². The first-order valence-corrected chi connectivity index (χ1v) is 4.61. The molecule has 0 aliphatic rings. The van der Waals surface area contributed by atoms with Crippen LogP contribution in [0.25, 0.3) is 11.2 Å². The molecule has 0 fully saturated rings. The highest BCUT2D eigenvalue weighted by Gasteiger charge is 2.06. The average molecular weight is 208 g/mol. The van der Waals surface area contributed by atoms with E-state index >= 15 is 0 Å². The number of anilines is 1. The van der Waals surface area contributed by atoms with Gasteiger partial charge in [0.05, 0.1) is 6.33 Å². The van der Waals surface area contributed by atoms with Crippen LogP contribution in [0.2, 0.25) is 0 Å². The van der Waals surface area contributed by atoms with Gasteiger partial charge < -0.3 is 15.5 Å². The third kappa shape index (κ3) is 1.88. The number of hydrogen-bond donors (Lipinski definition) is 3. The fourth-order valence-electron chi connectivity index (χ4n) is 1.39. The summed E-state index contributed by atoms with van der Waals surface area (Å²) in [6.07, 6.45) is 3.87. The fourth-order valence-corrected chi connectivity index (χ4v) is 1.39. The lowest BCUT2D eigenvalue weighted by Crippen LogP contribution is -2.11. The predicted molar refractivity (Wildman–Crippen MR) is 54.1 cm³/mol. The molecule has 2 rings (SSSR count). The van der Waals surface area contributed by atoms with Crippen molar-refractivity contribution in [3.05, 3.63) is 12.7 Å². The molecule has 7 nitrogen and oxygen atoms in total. The van der Waals surface area contributed by atoms with E-state index in [1.54, 1.807) is 6.33 Å². The molecule has 2 aromatic heterocycles. The Morgan fingerprint density at radius 1 is 1.40 bits per heavy atom. The Morgan fingerprint density at radius 3 is 3.07 bits per heavy atom. The molecule has 0 amide bonds. The summed E-state index contributed by atoms with van der Waals surface area (Å²) in [5.41, 5.74) is 9.09. The molecule has 2 aromatic rings. The summed E-state index contributed by atoms with van der Waals surface area (Å²) in [5.74, 6) is 0.388. The van der Waals surface area contributed by atoms with Crippen LogP contribution in [0.1, 0.15) is 6.42 Å². The van der Waals surface area contributed by atoms with Gasteiger partial charge in [0, 0.05) is 13.1 Å². The summed E-state index contributed by atoms with van der Waals surface area (Å²) < 4.78 is 1.88. The monoisotopic (exact) mass is 208 g/mol. The van der Waals surface area contributed by atoms with Gasteiger partial charge >= 0.3 is 0 Å². The zero-order chi connectivity index (χ0) is 10.7. The number of nitrogens with two attached hydrogens (primary N) is 1. The molecule has 0 aromatic carbocycles. The predicted octanol–water partition coefficient (Wildman–Crippen LogP) is -0.223. The highest BCUT2D eigenvalue weighted by atomic mass is 16.5. The zero-order valence-corrected chi connectivity index (χ0v) is 8.09. The first kappa shape index (κ1) is 9.81. The Hall–Kier alpha value is -1.73. The lowest BCUT2D eigenvalue weighted by atomic mass is 10.4. The molecule has 0 spiro atoms. The maximum absolute atomic E-state index is 8.43. The molecule has 0 saturated carbocycles. The van der Waals surface area contributed by atoms with E-state index < -0.39 is 0 Å². The number of hydroxylamine groups is 1. The quantitative estimate of drug-likeness (QED) is 0.474. The molecule has 7 heteroatoms. The van der Waals surface area contributed by atoms with E-state index in [1.165, 1.54) is 6.33 Å². The van der Waals surface area contributed by atoms with Crippen molar-refractivity contribution in [3.63, 3.8) is 0 Å². The van der Waals surface area contributed by atoms with E-state index in [9.17, 15) is 0 Å². The van der Waals surface area contributed by atoms with Gasteiger partial charge in [0.1, 0.15) is 11.8 Å². The van der Waals surface area contributed by atoms with E-state index in [1.807, 2.05) is 4.57 Å². The summed E-state index contributed by atoms with van der Waals surface area (Å²) in [4.78, 5) is 12.1. The molecule has 80 valence electrons. The average Bonchev–Trinajstić information content (AvgIpc) is 2.64. The second kappa shape index (κ2) is 4.20. The molecule has 0 bridgehead atoms. The molecule has 0 saturated heterocycles. The molecule has 2 heterocycles. The van der Waals surface area contributed by atoms with Gasteiger partial charge in [-0.25, -0.2) is 20.4 Å². The number of imidazole rings is 1. The third-order valence-electron chi connectivity index (χ3n) is 2.12. The minimum Gasteiger partial charge on any atom is -0.382 e. The summed E-state index contributed by atoms with van der Waals surface area (Å²) in [5, 5.41) is 8.43. The van der Waals surface area contributed by atoms with Crippen molar-refractivity contribution >= 4 is 17.0 Å². The van der Waals surface area contributed by atoms with Crippen LogP contribution in [0.15, 0.2) is 12.7 Å². The van der Waals surface area contributed by atoms with Crippen molar-refractivity contribution in [3.8, 4) is 0 Å². The number of fused-ring (bicyclic) bond motifs is 1. The number of hydrogen-bond acceptors (Lipinski definition) is 6. The van der Waals surface area contributed by atoms with E-state index in [0.29, 0.717) is 17.9 Å². The van der Waals surface area contributed by atoms with Gasteiger partial charge in [-0.05, 0) is 6.42 Å². The van der Waals surface area contributed by atoms with Crippen LogP contribution in [0.5, 0.6) is 0 Å². The van der Waals surface area contributed by atoms with Gasteiger partial charge in [0.15, 0.2) is 11.5 Å². The Kier molecular flexibility index (Phi) is 2.75. The maximum atomic E-state index is 8.43. The van der Waals surface area contributed by atoms with Crippen LogP contribution in [0, 0.1) is 0 Å². The van der Waals surface area contributed by atoms with Crippen molar-refractivity contribution in [2.75, 3.05) is 12.3 Å². The molecular weight excluding hydrogens is 196 g/mol. The Labute approximate surface area is 85.9 Å². The highest BCUT2D eigenvalue weighted by molar-refractivity contribution is 5.80. The Balaban J connectivity index is 2.25. The lowest BCUT2D eigenvalue weighted by Gasteiger charge is -2.02. The number of rotatable bonds is 4. The van der Waals surface area contributed by atoms with Gasteiger partial charge in [0.2, 0.25) is 0 Å². The second-order valence-electron chi connectivity index (χ2n) is 3.13. The van der Waals surface area contributed by atoms with E-state index in [4.69, 9.17) is 10.9 Å². The van der Waals surface area contributed by atoms with E-state index in [0.717, 1.165) is 18.6 Å². The number of nitrogen functional groups attached to an aromatic ring is 1. The van der Waals surface area contributed by atoms with Crippen LogP contribution in [0.3, 0.4) is 0 Å². The largest absolute Gasteiger partial charge is 0.382 e. The summed E-state index contributed by atoms with van der Waals surface area (Å²) in [7, 11) is 0. The number of nitrogens with one attached hydrogen (secondary N) is 1. The normalized spacial score (nSPS) is 11.0. The van der Waals surface area contributed by atoms with Crippen LogP contribution in [-0.4, -0.2) is 31.3 Å². The molecule has 0 unspecified atom stereocenters. The first-order valence-electron chi connectivity index (χ1n) is 4.61. The third-order valence-corrected chi connectivity index (χ3v) is 2.12. The van der Waals surface area contributed by atoms with Gasteiger partial charge in [-0.3, -0.25) is 0 Å². The number of aryl methyl sites for hydroxylation is 1. The topological polar surface area (TPSA) is 102 Å². The molecule has 4 N–H and O–H groups in total. The summed E-state index contributed by atoms with van der Waals surface area (Å²) in [6, 6.07) is 0. The van der Waals surface area contributed by atoms with Crippen molar-refractivity contribution in [2.24, 2.45) is 0 Å². The van der Waals surface area contributed by atoms with Crippen LogP contribution in [-0.2, 0) is 6.54 Å². The molecule has 15 heavy (non-hydrogen) atoms. The molecule has 0 atom stereocenters. The summed E-state index contributed by atoms with van der Waals surface area (Å²) >= 11 is 0. The smallest absolute Gasteiger partial charge is 0.165 e. The number of nitrogens with zero attached hydrogens (tertiary/aromatic N) is 4. The fraction of sp³-hybridized carbons (Fsp3) is 0.375. The molecule has 0 aliphatic carbocycles. The molecular formula is C8H12N6O. The minimum absolute atomic E-state index is 0.388.